The van der Waals surface area contributed by atoms with Gasteiger partial charge >= 0.3 is 0 Å². The Morgan fingerprint density at radius 1 is 1.00 bits per heavy atom. The molecule has 2 aromatic rings. The van der Waals surface area contributed by atoms with Gasteiger partial charge in [0.25, 0.3) is 0 Å². The molecule has 0 aromatic heterocycles. The van der Waals surface area contributed by atoms with Crippen molar-refractivity contribution in [3.8, 4) is 0 Å². The van der Waals surface area contributed by atoms with Gasteiger partial charge in [-0.2, -0.15) is 0 Å². The molecule has 0 radical (unpaired) electrons. The van der Waals surface area contributed by atoms with Crippen LogP contribution in [-0.2, 0) is 0 Å². The zero-order chi connectivity index (χ0) is 14.2. The Kier molecular flexibility index (Phi) is 4.90. The van der Waals surface area contributed by atoms with Crippen molar-refractivity contribution >= 4 is 55.1 Å². The maximum absolute atomic E-state index is 14.1. The Balaban J connectivity index is 2.53. The molecule has 0 heterocycles. The van der Waals surface area contributed by atoms with Gasteiger partial charge < -0.3 is 5.73 Å². The van der Waals surface area contributed by atoms with Gasteiger partial charge in [-0.15, -0.1) is 0 Å². The number of halogens is 5. The van der Waals surface area contributed by atoms with E-state index in [0.29, 0.717) is 20.6 Å². The van der Waals surface area contributed by atoms with E-state index in [2.05, 4.69) is 31.9 Å². The van der Waals surface area contributed by atoms with Crippen molar-refractivity contribution in [3.05, 3.63) is 66.3 Å². The largest absolute Gasteiger partial charge is 0.320 e. The second-order valence-corrected chi connectivity index (χ2v) is 6.43. The van der Waals surface area contributed by atoms with E-state index in [1.807, 2.05) is 0 Å². The molecule has 2 rings (SSSR count). The molecule has 0 fully saturated rings. The number of hydrogen-bond acceptors (Lipinski definition) is 1. The van der Waals surface area contributed by atoms with Crippen molar-refractivity contribution in [2.45, 2.75) is 6.04 Å². The van der Waals surface area contributed by atoms with Gasteiger partial charge in [0.15, 0.2) is 0 Å². The Morgan fingerprint density at radius 2 is 1.63 bits per heavy atom. The zero-order valence-corrected chi connectivity index (χ0v) is 14.1. The minimum absolute atomic E-state index is 0.0195. The third kappa shape index (κ3) is 3.14. The molecule has 0 aliphatic heterocycles. The molecule has 1 unspecified atom stereocenters. The summed E-state index contributed by atoms with van der Waals surface area (Å²) in [6, 6.07) is 7.81. The van der Waals surface area contributed by atoms with Crippen molar-refractivity contribution in [1.82, 2.24) is 0 Å². The Bertz CT molecular complexity index is 634. The molecular weight excluding hydrogens is 420 g/mol. The Morgan fingerprint density at radius 3 is 2.32 bits per heavy atom. The van der Waals surface area contributed by atoms with Gasteiger partial charge in [-0.25, -0.2) is 4.39 Å². The summed E-state index contributed by atoms with van der Waals surface area (Å²) in [7, 11) is 0. The van der Waals surface area contributed by atoms with Gasteiger partial charge in [-0.1, -0.05) is 45.2 Å². The van der Waals surface area contributed by atoms with Crippen molar-refractivity contribution in [2.75, 3.05) is 0 Å². The third-order valence-corrected chi connectivity index (χ3v) is 4.91. The van der Waals surface area contributed by atoms with E-state index in [0.717, 1.165) is 4.47 Å². The maximum atomic E-state index is 14.1. The van der Waals surface area contributed by atoms with Crippen LogP contribution in [0.1, 0.15) is 17.2 Å². The highest BCUT2D eigenvalue weighted by atomic mass is 79.9. The molecule has 0 aliphatic carbocycles. The standard InChI is InChI=1S/C13H8Br2Cl2FN/c14-9-3-1-6(16)5-8(9)13(19)7-2-4-10(15)11(17)12(7)18/h1-5,13H,19H2. The van der Waals surface area contributed by atoms with Crippen LogP contribution in [0.25, 0.3) is 0 Å². The molecule has 2 N–H and O–H groups in total. The molecule has 1 nitrogen and oxygen atoms in total. The summed E-state index contributed by atoms with van der Waals surface area (Å²) in [6.45, 7) is 0. The molecule has 0 aliphatic rings. The summed E-state index contributed by atoms with van der Waals surface area (Å²) in [4.78, 5) is 0. The Hall–Kier alpha value is -0.130. The maximum Gasteiger partial charge on any atom is 0.148 e. The van der Waals surface area contributed by atoms with Gasteiger partial charge in [0.05, 0.1) is 11.1 Å². The lowest BCUT2D eigenvalue weighted by Gasteiger charge is -2.16. The number of rotatable bonds is 2. The van der Waals surface area contributed by atoms with Crippen molar-refractivity contribution < 1.29 is 4.39 Å². The number of nitrogens with two attached hydrogens (primary N) is 1. The topological polar surface area (TPSA) is 26.0 Å². The van der Waals surface area contributed by atoms with Crippen LogP contribution in [0.3, 0.4) is 0 Å². The summed E-state index contributed by atoms with van der Waals surface area (Å²) in [6.07, 6.45) is 0. The van der Waals surface area contributed by atoms with Crippen LogP contribution < -0.4 is 5.73 Å². The van der Waals surface area contributed by atoms with Crippen LogP contribution in [0.5, 0.6) is 0 Å². The smallest absolute Gasteiger partial charge is 0.148 e. The first kappa shape index (κ1) is 15.3. The van der Waals surface area contributed by atoms with Gasteiger partial charge in [0.2, 0.25) is 0 Å². The average molecular weight is 428 g/mol. The first-order chi connectivity index (χ1) is 8.91. The molecular formula is C13H8Br2Cl2FN. The fourth-order valence-corrected chi connectivity index (χ4v) is 2.85. The average Bonchev–Trinajstić information content (AvgIpc) is 2.38. The molecule has 0 spiro atoms. The third-order valence-electron chi connectivity index (χ3n) is 2.69. The van der Waals surface area contributed by atoms with E-state index < -0.39 is 11.9 Å². The van der Waals surface area contributed by atoms with Crippen LogP contribution in [0.4, 0.5) is 4.39 Å². The van der Waals surface area contributed by atoms with E-state index >= 15 is 0 Å². The van der Waals surface area contributed by atoms with Gasteiger partial charge in [-0.3, -0.25) is 0 Å². The molecule has 0 bridgehead atoms. The molecule has 0 amide bonds. The quantitative estimate of drug-likeness (QED) is 0.611. The van der Waals surface area contributed by atoms with Gasteiger partial charge in [0.1, 0.15) is 5.82 Å². The van der Waals surface area contributed by atoms with Crippen LogP contribution in [-0.4, -0.2) is 0 Å². The Labute approximate surface area is 137 Å². The first-order valence-corrected chi connectivity index (χ1v) is 7.60. The molecule has 6 heteroatoms. The van der Waals surface area contributed by atoms with E-state index in [1.54, 1.807) is 30.3 Å². The van der Waals surface area contributed by atoms with Crippen molar-refractivity contribution in [1.29, 1.82) is 0 Å². The fraction of sp³-hybridized carbons (Fsp3) is 0.0769. The van der Waals surface area contributed by atoms with E-state index in [4.69, 9.17) is 28.9 Å². The van der Waals surface area contributed by atoms with Crippen LogP contribution in [0.15, 0.2) is 39.3 Å². The predicted octanol–water partition coefficient (Wildman–Crippen LogP) is 5.71. The van der Waals surface area contributed by atoms with Crippen LogP contribution >= 0.6 is 55.1 Å². The molecule has 19 heavy (non-hydrogen) atoms. The van der Waals surface area contributed by atoms with Crippen molar-refractivity contribution in [2.24, 2.45) is 5.73 Å². The summed E-state index contributed by atoms with van der Waals surface area (Å²) >= 11 is 18.4. The second kappa shape index (κ2) is 6.10. The van der Waals surface area contributed by atoms with Crippen molar-refractivity contribution in [3.63, 3.8) is 0 Å². The molecule has 1 atom stereocenters. The molecule has 0 saturated heterocycles. The lowest BCUT2D eigenvalue weighted by Crippen LogP contribution is -2.14. The lowest BCUT2D eigenvalue weighted by atomic mass is 9.99. The number of benzene rings is 2. The summed E-state index contributed by atoms with van der Waals surface area (Å²) in [5.41, 5.74) is 7.12. The second-order valence-electron chi connectivity index (χ2n) is 3.91. The minimum Gasteiger partial charge on any atom is -0.320 e. The minimum atomic E-state index is -0.654. The van der Waals surface area contributed by atoms with E-state index in [9.17, 15) is 4.39 Å². The van der Waals surface area contributed by atoms with E-state index in [-0.39, 0.29) is 5.02 Å². The predicted molar refractivity (Wildman–Crippen MR) is 84.3 cm³/mol. The fourth-order valence-electron chi connectivity index (χ4n) is 1.70. The van der Waals surface area contributed by atoms with Crippen LogP contribution in [0.2, 0.25) is 10.0 Å². The zero-order valence-electron chi connectivity index (χ0n) is 9.43. The molecule has 100 valence electrons. The van der Waals surface area contributed by atoms with Gasteiger partial charge in [-0.05, 0) is 45.8 Å². The molecule has 0 saturated carbocycles. The summed E-state index contributed by atoms with van der Waals surface area (Å²) < 4.78 is 15.4. The molecule has 2 aromatic carbocycles. The lowest BCUT2D eigenvalue weighted by molar-refractivity contribution is 0.599. The summed E-state index contributed by atoms with van der Waals surface area (Å²) in [5.74, 6) is -0.532. The summed E-state index contributed by atoms with van der Waals surface area (Å²) in [5, 5.41) is 0.559. The SMILES string of the molecule is NC(c1cc(Cl)ccc1Br)c1ccc(Br)c(Cl)c1F. The van der Waals surface area contributed by atoms with Crippen LogP contribution in [0, 0.1) is 5.82 Å². The monoisotopic (exact) mass is 425 g/mol. The highest BCUT2D eigenvalue weighted by molar-refractivity contribution is 9.10. The highest BCUT2D eigenvalue weighted by Gasteiger charge is 2.19. The van der Waals surface area contributed by atoms with Gasteiger partial charge in [0, 0.05) is 19.5 Å². The number of hydrogen-bond donors (Lipinski definition) is 1. The first-order valence-electron chi connectivity index (χ1n) is 5.25. The van der Waals surface area contributed by atoms with E-state index in [1.165, 1.54) is 0 Å². The normalized spacial score (nSPS) is 12.5. The highest BCUT2D eigenvalue weighted by Crippen LogP contribution is 2.34.